The lowest BCUT2D eigenvalue weighted by Gasteiger charge is -2.27. The largest absolute Gasteiger partial charge is 0.357 e. The van der Waals surface area contributed by atoms with Gasteiger partial charge >= 0.3 is 0 Å². The van der Waals surface area contributed by atoms with Crippen molar-refractivity contribution < 1.29 is 4.79 Å². The second kappa shape index (κ2) is 9.30. The average Bonchev–Trinajstić information content (AvgIpc) is 2.81. The van der Waals surface area contributed by atoms with Crippen LogP contribution >= 0.6 is 0 Å². The van der Waals surface area contributed by atoms with E-state index < -0.39 is 0 Å². The van der Waals surface area contributed by atoms with Gasteiger partial charge in [0.1, 0.15) is 17.8 Å². The molecule has 4 rings (SSSR count). The van der Waals surface area contributed by atoms with E-state index in [1.54, 1.807) is 6.07 Å². The van der Waals surface area contributed by atoms with Gasteiger partial charge in [0.05, 0.1) is 12.0 Å². The predicted octanol–water partition coefficient (Wildman–Crippen LogP) is 2.12. The van der Waals surface area contributed by atoms with Gasteiger partial charge in [-0.3, -0.25) is 14.2 Å². The lowest BCUT2D eigenvalue weighted by atomic mass is 10.1. The summed E-state index contributed by atoms with van der Waals surface area (Å²) in [6, 6.07) is 12.8. The van der Waals surface area contributed by atoms with Crippen molar-refractivity contribution in [1.29, 1.82) is 0 Å². The van der Waals surface area contributed by atoms with Gasteiger partial charge in [-0.05, 0) is 19.3 Å². The highest BCUT2D eigenvalue weighted by Gasteiger charge is 2.15. The number of nitrogens with zero attached hydrogens (tertiary/aromatic N) is 5. The van der Waals surface area contributed by atoms with Crippen molar-refractivity contribution in [2.45, 2.75) is 25.8 Å². The normalized spacial score (nSPS) is 13.8. The molecule has 0 bridgehead atoms. The highest BCUT2D eigenvalue weighted by molar-refractivity contribution is 5.92. The maximum atomic E-state index is 12.5. The van der Waals surface area contributed by atoms with Crippen LogP contribution in [-0.4, -0.2) is 45.1 Å². The Labute approximate surface area is 174 Å². The Morgan fingerprint density at radius 3 is 2.57 bits per heavy atom. The molecule has 0 atom stereocenters. The minimum absolute atomic E-state index is 0.160. The Morgan fingerprint density at radius 2 is 1.80 bits per heavy atom. The number of carbonyl (C=O) groups is 1. The van der Waals surface area contributed by atoms with E-state index in [-0.39, 0.29) is 11.5 Å². The number of rotatable bonds is 6. The zero-order valence-electron chi connectivity index (χ0n) is 16.7. The number of nitrogens with one attached hydrogen (secondary N) is 1. The highest BCUT2D eigenvalue weighted by atomic mass is 16.2. The molecule has 8 heteroatoms. The number of anilines is 1. The van der Waals surface area contributed by atoms with E-state index in [1.807, 2.05) is 30.3 Å². The van der Waals surface area contributed by atoms with Crippen LogP contribution in [0.5, 0.6) is 0 Å². The van der Waals surface area contributed by atoms with Crippen molar-refractivity contribution in [2.75, 3.05) is 24.5 Å². The van der Waals surface area contributed by atoms with Gasteiger partial charge < -0.3 is 10.2 Å². The second-order valence-electron chi connectivity index (χ2n) is 7.24. The van der Waals surface area contributed by atoms with Crippen LogP contribution in [-0.2, 0) is 6.54 Å². The van der Waals surface area contributed by atoms with Crippen LogP contribution < -0.4 is 15.8 Å². The Balaban J connectivity index is 1.35. The van der Waals surface area contributed by atoms with Gasteiger partial charge in [0.25, 0.3) is 11.5 Å². The molecule has 0 saturated carbocycles. The summed E-state index contributed by atoms with van der Waals surface area (Å²) in [5.74, 6) is 0.504. The SMILES string of the molecule is O=C(NCCn1cnc(-c2ccccc2)cc1=O)c1cc(N2CCCCC2)ncn1. The molecule has 30 heavy (non-hydrogen) atoms. The van der Waals surface area contributed by atoms with E-state index in [0.717, 1.165) is 37.3 Å². The molecular weight excluding hydrogens is 380 g/mol. The number of piperidine rings is 1. The summed E-state index contributed by atoms with van der Waals surface area (Å²) in [6.45, 7) is 2.53. The van der Waals surface area contributed by atoms with Crippen LogP contribution in [0.2, 0.25) is 0 Å². The number of hydrogen-bond donors (Lipinski definition) is 1. The van der Waals surface area contributed by atoms with Gasteiger partial charge in [0.15, 0.2) is 0 Å². The summed E-state index contributed by atoms with van der Waals surface area (Å²) < 4.78 is 1.48. The summed E-state index contributed by atoms with van der Waals surface area (Å²) in [6.07, 6.45) is 6.44. The first-order valence-corrected chi connectivity index (χ1v) is 10.2. The molecule has 2 aromatic heterocycles. The minimum atomic E-state index is -0.280. The molecule has 0 spiro atoms. The number of amides is 1. The molecule has 3 aromatic rings. The van der Waals surface area contributed by atoms with Crippen molar-refractivity contribution in [1.82, 2.24) is 24.8 Å². The molecule has 1 amide bonds. The van der Waals surface area contributed by atoms with E-state index in [1.165, 1.54) is 29.7 Å². The molecule has 154 valence electrons. The van der Waals surface area contributed by atoms with E-state index in [9.17, 15) is 9.59 Å². The molecule has 8 nitrogen and oxygen atoms in total. The first-order valence-electron chi connectivity index (χ1n) is 10.2. The van der Waals surface area contributed by atoms with Crippen LogP contribution in [0.3, 0.4) is 0 Å². The average molecular weight is 404 g/mol. The van der Waals surface area contributed by atoms with Crippen molar-refractivity contribution >= 4 is 11.7 Å². The fourth-order valence-electron chi connectivity index (χ4n) is 3.51. The van der Waals surface area contributed by atoms with Crippen LogP contribution in [0, 0.1) is 0 Å². The molecule has 0 radical (unpaired) electrons. The number of benzene rings is 1. The number of carbonyl (C=O) groups excluding carboxylic acids is 1. The van der Waals surface area contributed by atoms with Crippen molar-refractivity contribution in [3.8, 4) is 11.3 Å². The summed E-state index contributed by atoms with van der Waals surface area (Å²) in [7, 11) is 0. The van der Waals surface area contributed by atoms with Gasteiger partial charge in [0, 0.05) is 43.9 Å². The third-order valence-electron chi connectivity index (χ3n) is 5.15. The van der Waals surface area contributed by atoms with Gasteiger partial charge in [-0.1, -0.05) is 30.3 Å². The van der Waals surface area contributed by atoms with Gasteiger partial charge in [-0.25, -0.2) is 15.0 Å². The zero-order chi connectivity index (χ0) is 20.8. The first-order chi connectivity index (χ1) is 14.7. The highest BCUT2D eigenvalue weighted by Crippen LogP contribution is 2.17. The maximum Gasteiger partial charge on any atom is 0.270 e. The van der Waals surface area contributed by atoms with Crippen molar-refractivity contribution in [2.24, 2.45) is 0 Å². The van der Waals surface area contributed by atoms with Crippen LogP contribution in [0.4, 0.5) is 5.82 Å². The molecular formula is C22H24N6O2. The molecule has 1 aliphatic rings. The third kappa shape index (κ3) is 4.71. The topological polar surface area (TPSA) is 93.0 Å². The standard InChI is InChI=1S/C22H24N6O2/c29-21-14-18(17-7-3-1-4-8-17)26-16-28(21)12-9-23-22(30)19-13-20(25-15-24-19)27-10-5-2-6-11-27/h1,3-4,7-8,13-16H,2,5-6,9-12H2,(H,23,30). The third-order valence-corrected chi connectivity index (χ3v) is 5.15. The monoisotopic (exact) mass is 404 g/mol. The molecule has 0 unspecified atom stereocenters. The Bertz CT molecular complexity index is 1060. The van der Waals surface area contributed by atoms with Crippen LogP contribution in [0.25, 0.3) is 11.3 Å². The predicted molar refractivity (Wildman–Crippen MR) is 114 cm³/mol. The Hall–Kier alpha value is -3.55. The summed E-state index contributed by atoms with van der Waals surface area (Å²) in [5.41, 5.74) is 1.69. The molecule has 1 aromatic carbocycles. The van der Waals surface area contributed by atoms with E-state index >= 15 is 0 Å². The fraction of sp³-hybridized carbons (Fsp3) is 0.318. The van der Waals surface area contributed by atoms with Gasteiger partial charge in [0.2, 0.25) is 0 Å². The smallest absolute Gasteiger partial charge is 0.270 e. The Morgan fingerprint density at radius 1 is 1.00 bits per heavy atom. The van der Waals surface area contributed by atoms with Crippen LogP contribution in [0.1, 0.15) is 29.8 Å². The lowest BCUT2D eigenvalue weighted by molar-refractivity contribution is 0.0947. The van der Waals surface area contributed by atoms with Crippen molar-refractivity contribution in [3.63, 3.8) is 0 Å². The van der Waals surface area contributed by atoms with Crippen LogP contribution in [0.15, 0.2) is 59.9 Å². The first kappa shape index (κ1) is 19.8. The molecule has 1 fully saturated rings. The molecule has 3 heterocycles. The molecule has 1 N–H and O–H groups in total. The number of aromatic nitrogens is 4. The summed E-state index contributed by atoms with van der Waals surface area (Å²) >= 11 is 0. The van der Waals surface area contributed by atoms with Gasteiger partial charge in [-0.2, -0.15) is 0 Å². The fourth-order valence-corrected chi connectivity index (χ4v) is 3.51. The number of hydrogen-bond acceptors (Lipinski definition) is 6. The molecule has 0 aliphatic carbocycles. The van der Waals surface area contributed by atoms with E-state index in [2.05, 4.69) is 25.2 Å². The maximum absolute atomic E-state index is 12.5. The molecule has 1 saturated heterocycles. The lowest BCUT2D eigenvalue weighted by Crippen LogP contribution is -2.32. The zero-order valence-corrected chi connectivity index (χ0v) is 16.7. The van der Waals surface area contributed by atoms with E-state index in [4.69, 9.17) is 0 Å². The van der Waals surface area contributed by atoms with E-state index in [0.29, 0.717) is 24.5 Å². The summed E-state index contributed by atoms with van der Waals surface area (Å²) in [5, 5.41) is 2.82. The second-order valence-corrected chi connectivity index (χ2v) is 7.24. The minimum Gasteiger partial charge on any atom is -0.357 e. The quantitative estimate of drug-likeness (QED) is 0.677. The Kier molecular flexibility index (Phi) is 6.12. The summed E-state index contributed by atoms with van der Waals surface area (Å²) in [4.78, 5) is 39.8. The molecule has 1 aliphatic heterocycles. The van der Waals surface area contributed by atoms with Gasteiger partial charge in [-0.15, -0.1) is 0 Å². The van der Waals surface area contributed by atoms with Crippen molar-refractivity contribution in [3.05, 3.63) is 71.2 Å².